The second-order valence-electron chi connectivity index (χ2n) is 7.63. The molecule has 0 heterocycles. The first-order valence-electron chi connectivity index (χ1n) is 8.67. The summed E-state index contributed by atoms with van der Waals surface area (Å²) in [5.41, 5.74) is 7.60. The van der Waals surface area contributed by atoms with E-state index in [2.05, 4.69) is 26.1 Å². The number of hydrogen-bond acceptors (Lipinski definition) is 2. The van der Waals surface area contributed by atoms with E-state index in [0.717, 1.165) is 29.3 Å². The Labute approximate surface area is 157 Å². The van der Waals surface area contributed by atoms with Crippen LogP contribution in [0.5, 0.6) is 0 Å². The molecule has 0 aromatic heterocycles. The third kappa shape index (κ3) is 6.16. The molecule has 0 aliphatic rings. The maximum Gasteiger partial charge on any atom is 0.240 e. The first-order valence-corrected chi connectivity index (χ1v) is 8.67. The normalized spacial score (nSPS) is 12.5. The van der Waals surface area contributed by atoms with Crippen LogP contribution in [0.4, 0.5) is 8.78 Å². The van der Waals surface area contributed by atoms with Crippen molar-refractivity contribution in [2.75, 3.05) is 0 Å². The first-order chi connectivity index (χ1) is 12.5. The Kier molecular flexibility index (Phi) is 6.31. The number of carbonyl (C=O) groups is 2. The molecule has 0 radical (unpaired) electrons. The molecule has 1 atom stereocenters. The van der Waals surface area contributed by atoms with E-state index in [1.807, 2.05) is 24.3 Å². The quantitative estimate of drug-likeness (QED) is 0.816. The minimum Gasteiger partial charge on any atom is -0.368 e. The average molecular weight is 374 g/mol. The Hall–Kier alpha value is -2.76. The van der Waals surface area contributed by atoms with Gasteiger partial charge >= 0.3 is 0 Å². The summed E-state index contributed by atoms with van der Waals surface area (Å²) in [5, 5.41) is 2.54. The number of benzene rings is 2. The van der Waals surface area contributed by atoms with Gasteiger partial charge in [-0.1, -0.05) is 45.0 Å². The van der Waals surface area contributed by atoms with Gasteiger partial charge in [-0.2, -0.15) is 0 Å². The maximum absolute atomic E-state index is 13.2. The lowest BCUT2D eigenvalue weighted by Gasteiger charge is -2.20. The number of carbonyl (C=O) groups excluding carboxylic acids is 2. The van der Waals surface area contributed by atoms with Gasteiger partial charge < -0.3 is 11.1 Å². The summed E-state index contributed by atoms with van der Waals surface area (Å²) in [5.74, 6) is -2.73. The zero-order chi connectivity index (χ0) is 20.2. The fourth-order valence-corrected chi connectivity index (χ4v) is 2.74. The largest absolute Gasteiger partial charge is 0.368 e. The van der Waals surface area contributed by atoms with Crippen molar-refractivity contribution in [3.8, 4) is 0 Å². The zero-order valence-corrected chi connectivity index (χ0v) is 15.7. The highest BCUT2D eigenvalue weighted by molar-refractivity contribution is 5.87. The van der Waals surface area contributed by atoms with Gasteiger partial charge in [0.2, 0.25) is 11.8 Å². The third-order valence-corrected chi connectivity index (χ3v) is 4.23. The maximum atomic E-state index is 13.2. The van der Waals surface area contributed by atoms with Crippen molar-refractivity contribution in [1.29, 1.82) is 0 Å². The molecule has 6 heteroatoms. The lowest BCUT2D eigenvalue weighted by atomic mass is 9.86. The zero-order valence-electron chi connectivity index (χ0n) is 15.7. The highest BCUT2D eigenvalue weighted by Gasteiger charge is 2.20. The van der Waals surface area contributed by atoms with E-state index in [-0.39, 0.29) is 23.8 Å². The van der Waals surface area contributed by atoms with Crippen LogP contribution in [0, 0.1) is 11.6 Å². The molecule has 0 fully saturated rings. The van der Waals surface area contributed by atoms with E-state index in [0.29, 0.717) is 0 Å². The smallest absolute Gasteiger partial charge is 0.240 e. The summed E-state index contributed by atoms with van der Waals surface area (Å²) in [6.45, 7) is 6.30. The van der Waals surface area contributed by atoms with Crippen LogP contribution in [0.25, 0.3) is 0 Å². The third-order valence-electron chi connectivity index (χ3n) is 4.23. The SMILES string of the molecule is CC(C)(C)c1ccc(C[C@H](NC(=O)Cc2cc(F)cc(F)c2)C(N)=O)cc1. The van der Waals surface area contributed by atoms with Crippen LogP contribution in [0.3, 0.4) is 0 Å². The Morgan fingerprint density at radius 1 is 1.00 bits per heavy atom. The lowest BCUT2D eigenvalue weighted by Crippen LogP contribution is -2.46. The lowest BCUT2D eigenvalue weighted by molar-refractivity contribution is -0.127. The Morgan fingerprint density at radius 2 is 1.56 bits per heavy atom. The Balaban J connectivity index is 2.04. The molecular formula is C21H24F2N2O2. The molecule has 0 aliphatic heterocycles. The fraction of sp³-hybridized carbons (Fsp3) is 0.333. The Morgan fingerprint density at radius 3 is 2.04 bits per heavy atom. The van der Waals surface area contributed by atoms with Crippen LogP contribution in [-0.2, 0) is 27.8 Å². The minimum absolute atomic E-state index is 0.00999. The van der Waals surface area contributed by atoms with Gasteiger partial charge in [-0.05, 0) is 34.2 Å². The molecule has 0 spiro atoms. The summed E-state index contributed by atoms with van der Waals surface area (Å²) in [4.78, 5) is 23.9. The molecule has 0 saturated carbocycles. The van der Waals surface area contributed by atoms with E-state index < -0.39 is 29.5 Å². The molecule has 2 rings (SSSR count). The topological polar surface area (TPSA) is 72.2 Å². The summed E-state index contributed by atoms with van der Waals surface area (Å²) in [6.07, 6.45) is -0.00949. The van der Waals surface area contributed by atoms with Crippen molar-refractivity contribution in [3.05, 3.63) is 70.8 Å². The molecule has 0 bridgehead atoms. The van der Waals surface area contributed by atoms with Crippen LogP contribution >= 0.6 is 0 Å². The highest BCUT2D eigenvalue weighted by Crippen LogP contribution is 2.22. The number of nitrogens with two attached hydrogens (primary N) is 1. The van der Waals surface area contributed by atoms with E-state index in [9.17, 15) is 18.4 Å². The van der Waals surface area contributed by atoms with Gasteiger partial charge in [-0.15, -0.1) is 0 Å². The summed E-state index contributed by atoms with van der Waals surface area (Å²) in [6, 6.07) is 9.72. The Bertz CT molecular complexity index is 807. The van der Waals surface area contributed by atoms with E-state index in [1.165, 1.54) is 0 Å². The van der Waals surface area contributed by atoms with Gasteiger partial charge in [-0.3, -0.25) is 9.59 Å². The second-order valence-corrected chi connectivity index (χ2v) is 7.63. The number of nitrogens with one attached hydrogen (secondary N) is 1. The van der Waals surface area contributed by atoms with Gasteiger partial charge in [0, 0.05) is 12.5 Å². The van der Waals surface area contributed by atoms with Gasteiger partial charge in [0.05, 0.1) is 6.42 Å². The molecule has 4 nitrogen and oxygen atoms in total. The average Bonchev–Trinajstić information content (AvgIpc) is 2.52. The van der Waals surface area contributed by atoms with Crippen molar-refractivity contribution in [2.45, 2.75) is 45.1 Å². The molecule has 3 N–H and O–H groups in total. The standard InChI is InChI=1S/C21H24F2N2O2/c1-21(2,3)15-6-4-13(5-7-15)10-18(20(24)27)25-19(26)11-14-8-16(22)12-17(23)9-14/h4-9,12,18H,10-11H2,1-3H3,(H2,24,27)(H,25,26)/t18-/m0/s1. The molecule has 2 aromatic carbocycles. The molecule has 2 aromatic rings. The van der Waals surface area contributed by atoms with Crippen molar-refractivity contribution in [3.63, 3.8) is 0 Å². The molecule has 27 heavy (non-hydrogen) atoms. The molecule has 144 valence electrons. The molecule has 0 saturated heterocycles. The number of hydrogen-bond donors (Lipinski definition) is 2. The van der Waals surface area contributed by atoms with Gasteiger partial charge in [0.15, 0.2) is 0 Å². The van der Waals surface area contributed by atoms with Crippen molar-refractivity contribution in [2.24, 2.45) is 5.73 Å². The van der Waals surface area contributed by atoms with Gasteiger partial charge in [-0.25, -0.2) is 8.78 Å². The summed E-state index contributed by atoms with van der Waals surface area (Å²) >= 11 is 0. The minimum atomic E-state index is -0.906. The van der Waals surface area contributed by atoms with Gasteiger partial charge in [0.25, 0.3) is 0 Å². The van der Waals surface area contributed by atoms with Crippen molar-refractivity contribution in [1.82, 2.24) is 5.32 Å². The van der Waals surface area contributed by atoms with Crippen LogP contribution in [0.1, 0.15) is 37.5 Å². The number of halogens is 2. The predicted molar refractivity (Wildman–Crippen MR) is 100 cm³/mol. The number of amides is 2. The number of rotatable bonds is 6. The molecule has 0 unspecified atom stereocenters. The first kappa shape index (κ1) is 20.6. The summed E-state index contributed by atoms with van der Waals surface area (Å²) in [7, 11) is 0. The molecule has 2 amide bonds. The predicted octanol–water partition coefficient (Wildman–Crippen LogP) is 3.02. The van der Waals surface area contributed by atoms with Crippen molar-refractivity contribution >= 4 is 11.8 Å². The fourth-order valence-electron chi connectivity index (χ4n) is 2.74. The van der Waals surface area contributed by atoms with Gasteiger partial charge in [0.1, 0.15) is 17.7 Å². The summed E-state index contributed by atoms with van der Waals surface area (Å²) < 4.78 is 26.5. The van der Waals surface area contributed by atoms with E-state index in [1.54, 1.807) is 0 Å². The second kappa shape index (κ2) is 8.29. The van der Waals surface area contributed by atoms with Crippen LogP contribution in [-0.4, -0.2) is 17.9 Å². The van der Waals surface area contributed by atoms with E-state index >= 15 is 0 Å². The van der Waals surface area contributed by atoms with Crippen LogP contribution in [0.2, 0.25) is 0 Å². The molecular weight excluding hydrogens is 350 g/mol. The molecule has 0 aliphatic carbocycles. The van der Waals surface area contributed by atoms with Crippen molar-refractivity contribution < 1.29 is 18.4 Å². The van der Waals surface area contributed by atoms with E-state index in [4.69, 9.17) is 5.73 Å². The monoisotopic (exact) mass is 374 g/mol. The highest BCUT2D eigenvalue weighted by atomic mass is 19.1. The number of primary amides is 1. The van der Waals surface area contributed by atoms with Crippen LogP contribution < -0.4 is 11.1 Å². The van der Waals surface area contributed by atoms with Crippen LogP contribution in [0.15, 0.2) is 42.5 Å².